The van der Waals surface area contributed by atoms with Crippen LogP contribution >= 0.6 is 0 Å². The molecule has 2 aromatic rings. The largest absolute Gasteiger partial charge is 0.476 e. The van der Waals surface area contributed by atoms with Gasteiger partial charge in [0.1, 0.15) is 5.82 Å². The molecule has 19 heavy (non-hydrogen) atoms. The topological polar surface area (TPSA) is 67.2 Å². The number of carboxylic acid groups (broad SMARTS) is 1. The number of aryl methyl sites for hydroxylation is 1. The van der Waals surface area contributed by atoms with Crippen LogP contribution in [-0.2, 0) is 13.1 Å². The first kappa shape index (κ1) is 13.1. The van der Waals surface area contributed by atoms with Gasteiger partial charge < -0.3 is 10.4 Å². The van der Waals surface area contributed by atoms with E-state index in [0.29, 0.717) is 17.8 Å². The molecule has 0 bridgehead atoms. The van der Waals surface area contributed by atoms with Crippen molar-refractivity contribution in [3.8, 4) is 0 Å². The maximum Gasteiger partial charge on any atom is 0.358 e. The van der Waals surface area contributed by atoms with Gasteiger partial charge in [0.2, 0.25) is 0 Å². The van der Waals surface area contributed by atoms with Crippen molar-refractivity contribution in [2.45, 2.75) is 20.0 Å². The fourth-order valence-corrected chi connectivity index (χ4v) is 1.70. The summed E-state index contributed by atoms with van der Waals surface area (Å²) in [5.74, 6) is -1.43. The number of aromatic carboxylic acids is 1. The van der Waals surface area contributed by atoms with Crippen LogP contribution in [0.25, 0.3) is 0 Å². The van der Waals surface area contributed by atoms with Gasteiger partial charge in [0.05, 0.1) is 5.69 Å². The summed E-state index contributed by atoms with van der Waals surface area (Å²) in [7, 11) is 0. The van der Waals surface area contributed by atoms with Crippen LogP contribution in [0.4, 0.5) is 10.1 Å². The number of carbonyl (C=O) groups is 1. The fraction of sp³-hybridized carbons (Fsp3) is 0.231. The average Bonchev–Trinajstić information content (AvgIpc) is 2.81. The lowest BCUT2D eigenvalue weighted by atomic mass is 10.2. The minimum absolute atomic E-state index is 0.0572. The Bertz CT molecular complexity index is 595. The Balaban J connectivity index is 2.17. The third-order valence-electron chi connectivity index (χ3n) is 2.72. The quantitative estimate of drug-likeness (QED) is 0.869. The highest BCUT2D eigenvalue weighted by Gasteiger charge is 2.15. The van der Waals surface area contributed by atoms with E-state index >= 15 is 0 Å². The number of aromatic nitrogens is 2. The van der Waals surface area contributed by atoms with Crippen LogP contribution < -0.4 is 5.32 Å². The average molecular weight is 263 g/mol. The Labute approximate surface area is 109 Å². The number of anilines is 1. The first-order valence-corrected chi connectivity index (χ1v) is 5.89. The number of benzene rings is 1. The predicted molar refractivity (Wildman–Crippen MR) is 68.6 cm³/mol. The lowest BCUT2D eigenvalue weighted by Crippen LogP contribution is -2.06. The van der Waals surface area contributed by atoms with Crippen molar-refractivity contribution in [1.29, 1.82) is 0 Å². The smallest absolute Gasteiger partial charge is 0.358 e. The number of hydrogen-bond acceptors (Lipinski definition) is 3. The van der Waals surface area contributed by atoms with Gasteiger partial charge in [-0.3, -0.25) is 4.68 Å². The molecule has 0 fully saturated rings. The van der Waals surface area contributed by atoms with Crippen LogP contribution in [0, 0.1) is 5.82 Å². The summed E-state index contributed by atoms with van der Waals surface area (Å²) < 4.78 is 15.0. The molecule has 2 N–H and O–H groups in total. The second kappa shape index (κ2) is 5.51. The van der Waals surface area contributed by atoms with E-state index in [1.54, 1.807) is 24.4 Å². The van der Waals surface area contributed by atoms with Crippen molar-refractivity contribution in [3.63, 3.8) is 0 Å². The molecule has 0 radical (unpaired) electrons. The van der Waals surface area contributed by atoms with Crippen molar-refractivity contribution in [1.82, 2.24) is 9.78 Å². The lowest BCUT2D eigenvalue weighted by Gasteiger charge is -2.05. The van der Waals surface area contributed by atoms with Gasteiger partial charge in [0.25, 0.3) is 0 Å². The second-order valence-electron chi connectivity index (χ2n) is 4.00. The molecule has 0 saturated heterocycles. The first-order chi connectivity index (χ1) is 9.11. The Kier molecular flexibility index (Phi) is 3.79. The van der Waals surface area contributed by atoms with Gasteiger partial charge in [-0.05, 0) is 13.0 Å². The lowest BCUT2D eigenvalue weighted by molar-refractivity contribution is 0.0690. The summed E-state index contributed by atoms with van der Waals surface area (Å²) in [5, 5.41) is 15.9. The summed E-state index contributed by atoms with van der Waals surface area (Å²) in [6, 6.07) is 6.35. The number of halogens is 1. The minimum atomic E-state index is -1.11. The Morgan fingerprint density at radius 2 is 2.21 bits per heavy atom. The molecule has 0 spiro atoms. The predicted octanol–water partition coefficient (Wildman–Crippen LogP) is 2.35. The molecule has 5 nitrogen and oxygen atoms in total. The summed E-state index contributed by atoms with van der Waals surface area (Å²) in [6.07, 6.45) is 1.60. The molecule has 0 unspecified atom stereocenters. The third kappa shape index (κ3) is 2.90. The molecule has 100 valence electrons. The zero-order valence-electron chi connectivity index (χ0n) is 10.4. The van der Waals surface area contributed by atoms with E-state index in [1.165, 1.54) is 10.7 Å². The van der Waals surface area contributed by atoms with Crippen molar-refractivity contribution < 1.29 is 14.3 Å². The molecule has 1 aromatic heterocycles. The molecule has 1 heterocycles. The highest BCUT2D eigenvalue weighted by Crippen LogP contribution is 2.16. The number of nitrogens with zero attached hydrogens (tertiary/aromatic N) is 2. The summed E-state index contributed by atoms with van der Waals surface area (Å²) in [6.45, 7) is 2.64. The fourth-order valence-electron chi connectivity index (χ4n) is 1.70. The monoisotopic (exact) mass is 263 g/mol. The normalized spacial score (nSPS) is 10.4. The van der Waals surface area contributed by atoms with E-state index in [4.69, 9.17) is 5.11 Å². The first-order valence-electron chi connectivity index (χ1n) is 5.89. The van der Waals surface area contributed by atoms with E-state index in [-0.39, 0.29) is 18.1 Å². The van der Waals surface area contributed by atoms with Gasteiger partial charge >= 0.3 is 5.97 Å². The molecule has 1 aromatic carbocycles. The highest BCUT2D eigenvalue weighted by molar-refractivity contribution is 5.91. The Morgan fingerprint density at radius 3 is 2.84 bits per heavy atom. The van der Waals surface area contributed by atoms with Crippen LogP contribution in [-0.4, -0.2) is 20.9 Å². The Morgan fingerprint density at radius 1 is 1.47 bits per heavy atom. The minimum Gasteiger partial charge on any atom is -0.476 e. The molecule has 6 heteroatoms. The molecular formula is C13H14FN3O2. The van der Waals surface area contributed by atoms with E-state index in [2.05, 4.69) is 10.4 Å². The van der Waals surface area contributed by atoms with Crippen LogP contribution in [0.3, 0.4) is 0 Å². The summed E-state index contributed by atoms with van der Waals surface area (Å²) >= 11 is 0. The standard InChI is InChI=1S/C13H14FN3O2/c1-2-17-8-11(12(16-17)13(18)19)15-7-9-5-3-4-6-10(9)14/h3-6,8,15H,2,7H2,1H3,(H,18,19). The number of nitrogens with one attached hydrogen (secondary N) is 1. The van der Waals surface area contributed by atoms with Gasteiger partial charge in [-0.25, -0.2) is 9.18 Å². The number of rotatable bonds is 5. The van der Waals surface area contributed by atoms with Crippen LogP contribution in [0.5, 0.6) is 0 Å². The Hall–Kier alpha value is -2.37. The maximum absolute atomic E-state index is 13.4. The van der Waals surface area contributed by atoms with Gasteiger partial charge in [-0.2, -0.15) is 5.10 Å². The van der Waals surface area contributed by atoms with Gasteiger partial charge in [0.15, 0.2) is 5.69 Å². The second-order valence-corrected chi connectivity index (χ2v) is 4.00. The SMILES string of the molecule is CCn1cc(NCc2ccccc2F)c(C(=O)O)n1. The zero-order chi connectivity index (χ0) is 13.8. The molecule has 2 rings (SSSR count). The van der Waals surface area contributed by atoms with Crippen LogP contribution in [0.2, 0.25) is 0 Å². The van der Waals surface area contributed by atoms with E-state index in [9.17, 15) is 9.18 Å². The van der Waals surface area contributed by atoms with E-state index in [0.717, 1.165) is 0 Å². The molecule has 0 atom stereocenters. The van der Waals surface area contributed by atoms with Gasteiger partial charge in [-0.1, -0.05) is 18.2 Å². The van der Waals surface area contributed by atoms with E-state index < -0.39 is 5.97 Å². The van der Waals surface area contributed by atoms with Gasteiger partial charge in [0, 0.05) is 24.8 Å². The molecule has 0 aliphatic rings. The molecule has 0 aliphatic heterocycles. The van der Waals surface area contributed by atoms with E-state index in [1.807, 2.05) is 6.92 Å². The number of hydrogen-bond donors (Lipinski definition) is 2. The van der Waals surface area contributed by atoms with Crippen LogP contribution in [0.15, 0.2) is 30.5 Å². The van der Waals surface area contributed by atoms with Gasteiger partial charge in [-0.15, -0.1) is 0 Å². The molecular weight excluding hydrogens is 249 g/mol. The van der Waals surface area contributed by atoms with Crippen molar-refractivity contribution in [2.75, 3.05) is 5.32 Å². The van der Waals surface area contributed by atoms with Crippen LogP contribution in [0.1, 0.15) is 23.0 Å². The molecule has 0 aliphatic carbocycles. The third-order valence-corrected chi connectivity index (χ3v) is 2.72. The molecule has 0 amide bonds. The molecule has 0 saturated carbocycles. The maximum atomic E-state index is 13.4. The van der Waals surface area contributed by atoms with Crippen molar-refractivity contribution in [3.05, 3.63) is 47.5 Å². The van der Waals surface area contributed by atoms with Crippen molar-refractivity contribution >= 4 is 11.7 Å². The number of carboxylic acids is 1. The summed E-state index contributed by atoms with van der Waals surface area (Å²) in [5.41, 5.74) is 0.805. The van der Waals surface area contributed by atoms with Crippen molar-refractivity contribution in [2.24, 2.45) is 0 Å². The highest BCUT2D eigenvalue weighted by atomic mass is 19.1. The summed E-state index contributed by atoms with van der Waals surface area (Å²) in [4.78, 5) is 11.0. The zero-order valence-corrected chi connectivity index (χ0v) is 10.4.